The highest BCUT2D eigenvalue weighted by molar-refractivity contribution is 5.98. The molecule has 1 aliphatic rings. The molecule has 0 aliphatic carbocycles. The number of benzene rings is 1. The molecule has 1 amide bonds. The van der Waals surface area contributed by atoms with Crippen LogP contribution in [0.2, 0.25) is 0 Å². The first-order chi connectivity index (χ1) is 12.7. The van der Waals surface area contributed by atoms with Gasteiger partial charge < -0.3 is 19.7 Å². The van der Waals surface area contributed by atoms with Crippen LogP contribution in [0.3, 0.4) is 0 Å². The van der Waals surface area contributed by atoms with Gasteiger partial charge in [0.25, 0.3) is 5.91 Å². The van der Waals surface area contributed by atoms with Crippen LogP contribution in [0.25, 0.3) is 0 Å². The first kappa shape index (κ1) is 18.2. The third kappa shape index (κ3) is 3.96. The van der Waals surface area contributed by atoms with E-state index in [1.54, 1.807) is 32.5 Å². The van der Waals surface area contributed by atoms with Gasteiger partial charge in [-0.2, -0.15) is 0 Å². The van der Waals surface area contributed by atoms with Gasteiger partial charge in [-0.3, -0.25) is 4.79 Å². The Bertz CT molecular complexity index is 738. The van der Waals surface area contributed by atoms with Crippen molar-refractivity contribution in [2.75, 3.05) is 39.2 Å². The molecule has 0 radical (unpaired) electrons. The van der Waals surface area contributed by atoms with Crippen molar-refractivity contribution in [3.8, 4) is 5.75 Å². The van der Waals surface area contributed by atoms with Crippen molar-refractivity contribution in [1.82, 2.24) is 9.88 Å². The Hall–Kier alpha value is -2.60. The number of likely N-dealkylation sites (tertiary alicyclic amines) is 1. The smallest absolute Gasteiger partial charge is 0.257 e. The van der Waals surface area contributed by atoms with Gasteiger partial charge in [-0.05, 0) is 37.1 Å². The van der Waals surface area contributed by atoms with E-state index < -0.39 is 5.60 Å². The number of ether oxygens (including phenoxy) is 2. The molecule has 138 valence electrons. The van der Waals surface area contributed by atoms with E-state index in [-0.39, 0.29) is 5.91 Å². The fourth-order valence-corrected chi connectivity index (χ4v) is 3.29. The number of hydrogen-bond donors (Lipinski definition) is 1. The number of piperidine rings is 1. The SMILES string of the molecule is CNc1ncccc1C(=O)N1CCC[C@](COc2ccccc2)(OC)C1. The third-order valence-corrected chi connectivity index (χ3v) is 4.78. The monoisotopic (exact) mass is 355 g/mol. The summed E-state index contributed by atoms with van der Waals surface area (Å²) < 4.78 is 11.8. The van der Waals surface area contributed by atoms with Gasteiger partial charge in [0.05, 0.1) is 12.1 Å². The van der Waals surface area contributed by atoms with Gasteiger partial charge in [0, 0.05) is 26.9 Å². The van der Waals surface area contributed by atoms with Crippen molar-refractivity contribution in [2.24, 2.45) is 0 Å². The summed E-state index contributed by atoms with van der Waals surface area (Å²) in [5.74, 6) is 1.35. The van der Waals surface area contributed by atoms with Crippen molar-refractivity contribution < 1.29 is 14.3 Å². The molecule has 2 heterocycles. The fourth-order valence-electron chi connectivity index (χ4n) is 3.29. The van der Waals surface area contributed by atoms with Crippen LogP contribution in [-0.4, -0.2) is 55.2 Å². The highest BCUT2D eigenvalue weighted by atomic mass is 16.5. The zero-order valence-corrected chi connectivity index (χ0v) is 15.3. The number of carbonyl (C=O) groups excluding carboxylic acids is 1. The van der Waals surface area contributed by atoms with Crippen LogP contribution in [0.5, 0.6) is 5.75 Å². The van der Waals surface area contributed by atoms with Gasteiger partial charge in [0.15, 0.2) is 0 Å². The summed E-state index contributed by atoms with van der Waals surface area (Å²) in [5, 5.41) is 2.98. The average molecular weight is 355 g/mol. The second-order valence-corrected chi connectivity index (χ2v) is 6.47. The maximum atomic E-state index is 13.0. The molecule has 26 heavy (non-hydrogen) atoms. The molecular weight excluding hydrogens is 330 g/mol. The molecule has 3 rings (SSSR count). The normalized spacial score (nSPS) is 19.8. The number of anilines is 1. The molecule has 1 aliphatic heterocycles. The van der Waals surface area contributed by atoms with E-state index in [0.717, 1.165) is 18.6 Å². The third-order valence-electron chi connectivity index (χ3n) is 4.78. The number of nitrogens with one attached hydrogen (secondary N) is 1. The summed E-state index contributed by atoms with van der Waals surface area (Å²) in [7, 11) is 3.45. The summed E-state index contributed by atoms with van der Waals surface area (Å²) in [5.41, 5.74) is 0.0667. The summed E-state index contributed by atoms with van der Waals surface area (Å²) >= 11 is 0. The Morgan fingerprint density at radius 2 is 2.08 bits per heavy atom. The molecule has 0 saturated carbocycles. The molecule has 1 aromatic carbocycles. The number of rotatable bonds is 6. The zero-order valence-electron chi connectivity index (χ0n) is 15.3. The number of hydrogen-bond acceptors (Lipinski definition) is 5. The highest BCUT2D eigenvalue weighted by Crippen LogP contribution is 2.28. The highest BCUT2D eigenvalue weighted by Gasteiger charge is 2.39. The molecule has 2 aromatic rings. The van der Waals surface area contributed by atoms with Crippen LogP contribution < -0.4 is 10.1 Å². The first-order valence-corrected chi connectivity index (χ1v) is 8.82. The van der Waals surface area contributed by atoms with Crippen molar-refractivity contribution in [1.29, 1.82) is 0 Å². The Morgan fingerprint density at radius 3 is 2.81 bits per heavy atom. The molecule has 0 unspecified atom stereocenters. The minimum atomic E-state index is -0.508. The number of para-hydroxylation sites is 1. The number of methoxy groups -OCH3 is 1. The van der Waals surface area contributed by atoms with Gasteiger partial charge in [0.2, 0.25) is 0 Å². The van der Waals surface area contributed by atoms with Gasteiger partial charge in [-0.1, -0.05) is 18.2 Å². The molecule has 0 spiro atoms. The zero-order chi connectivity index (χ0) is 18.4. The largest absolute Gasteiger partial charge is 0.491 e. The predicted molar refractivity (Wildman–Crippen MR) is 101 cm³/mol. The van der Waals surface area contributed by atoms with Crippen LogP contribution in [0.15, 0.2) is 48.7 Å². The first-order valence-electron chi connectivity index (χ1n) is 8.82. The van der Waals surface area contributed by atoms with Gasteiger partial charge in [0.1, 0.15) is 23.8 Å². The maximum absolute atomic E-state index is 13.0. The standard InChI is InChI=1S/C20H25N3O3/c1-21-18-17(10-6-12-22-18)19(24)23-13-7-11-20(14-23,25-2)15-26-16-8-4-3-5-9-16/h3-6,8-10,12H,7,11,13-15H2,1-2H3,(H,21,22)/t20-/m0/s1. The van der Waals surface area contributed by atoms with E-state index in [1.807, 2.05) is 35.2 Å². The lowest BCUT2D eigenvalue weighted by atomic mass is 9.92. The van der Waals surface area contributed by atoms with E-state index in [0.29, 0.717) is 31.1 Å². The van der Waals surface area contributed by atoms with Gasteiger partial charge in [-0.25, -0.2) is 4.98 Å². The summed E-state index contributed by atoms with van der Waals surface area (Å²) in [6.45, 7) is 1.60. The second kappa shape index (κ2) is 8.19. The Labute approximate surface area is 154 Å². The summed E-state index contributed by atoms with van der Waals surface area (Å²) in [6.07, 6.45) is 3.39. The van der Waals surface area contributed by atoms with Gasteiger partial charge >= 0.3 is 0 Å². The van der Waals surface area contributed by atoms with Crippen LogP contribution in [0.1, 0.15) is 23.2 Å². The number of amides is 1. The molecule has 1 aromatic heterocycles. The number of carbonyl (C=O) groups is 1. The predicted octanol–water partition coefficient (Wildman–Crippen LogP) is 2.82. The van der Waals surface area contributed by atoms with Crippen LogP contribution in [0.4, 0.5) is 5.82 Å². The molecule has 1 fully saturated rings. The number of pyridine rings is 1. The summed E-state index contributed by atoms with van der Waals surface area (Å²) in [4.78, 5) is 19.1. The number of aromatic nitrogens is 1. The van der Waals surface area contributed by atoms with Crippen LogP contribution in [-0.2, 0) is 4.74 Å². The topological polar surface area (TPSA) is 63.7 Å². The van der Waals surface area contributed by atoms with Crippen molar-refractivity contribution in [2.45, 2.75) is 18.4 Å². The lowest BCUT2D eigenvalue weighted by Gasteiger charge is -2.41. The lowest BCUT2D eigenvalue weighted by Crippen LogP contribution is -2.54. The molecule has 1 saturated heterocycles. The fraction of sp³-hybridized carbons (Fsp3) is 0.400. The van der Waals surface area contributed by atoms with E-state index in [9.17, 15) is 4.79 Å². The average Bonchev–Trinajstić information content (AvgIpc) is 2.72. The maximum Gasteiger partial charge on any atom is 0.257 e. The molecule has 1 atom stereocenters. The Morgan fingerprint density at radius 1 is 1.27 bits per heavy atom. The molecule has 6 heteroatoms. The molecular formula is C20H25N3O3. The van der Waals surface area contributed by atoms with Crippen molar-refractivity contribution in [3.63, 3.8) is 0 Å². The Balaban J connectivity index is 1.73. The van der Waals surface area contributed by atoms with E-state index in [1.165, 1.54) is 0 Å². The van der Waals surface area contributed by atoms with E-state index in [4.69, 9.17) is 9.47 Å². The molecule has 1 N–H and O–H groups in total. The van der Waals surface area contributed by atoms with E-state index in [2.05, 4.69) is 10.3 Å². The van der Waals surface area contributed by atoms with Crippen molar-refractivity contribution in [3.05, 3.63) is 54.2 Å². The Kier molecular flexibility index (Phi) is 5.73. The van der Waals surface area contributed by atoms with Crippen LogP contribution in [0, 0.1) is 0 Å². The van der Waals surface area contributed by atoms with Crippen molar-refractivity contribution >= 4 is 11.7 Å². The quantitative estimate of drug-likeness (QED) is 0.863. The lowest BCUT2D eigenvalue weighted by molar-refractivity contribution is -0.0824. The minimum absolute atomic E-state index is 0.0386. The molecule has 0 bridgehead atoms. The van der Waals surface area contributed by atoms with Gasteiger partial charge in [-0.15, -0.1) is 0 Å². The second-order valence-electron chi connectivity index (χ2n) is 6.47. The minimum Gasteiger partial charge on any atom is -0.491 e. The molecule has 6 nitrogen and oxygen atoms in total. The van der Waals surface area contributed by atoms with Crippen LogP contribution >= 0.6 is 0 Å². The summed E-state index contributed by atoms with van der Waals surface area (Å²) in [6, 6.07) is 13.2. The van der Waals surface area contributed by atoms with E-state index >= 15 is 0 Å². The number of nitrogens with zero attached hydrogens (tertiary/aromatic N) is 2.